The first-order valence-electron chi connectivity index (χ1n) is 6.54. The first kappa shape index (κ1) is 11.5. The highest BCUT2D eigenvalue weighted by molar-refractivity contribution is 5.96. The molecule has 2 aliphatic rings. The first-order chi connectivity index (χ1) is 8.69. The van der Waals surface area contributed by atoms with Crippen LogP contribution in [0, 0.1) is 0 Å². The average Bonchev–Trinajstić information content (AvgIpc) is 2.38. The van der Waals surface area contributed by atoms with Crippen LogP contribution in [0.4, 0.5) is 5.69 Å². The van der Waals surface area contributed by atoms with E-state index < -0.39 is 0 Å². The standard InChI is InChI=1S/C14H18N2O2/c15-14(7-2-1-3-8-14)10-5-4-6-11-13(10)16-12(17)9-18-11/h4-6H,1-3,7-9,15H2,(H,16,17). The number of para-hydroxylation sites is 1. The van der Waals surface area contributed by atoms with Crippen molar-refractivity contribution in [2.75, 3.05) is 11.9 Å². The maximum Gasteiger partial charge on any atom is 0.262 e. The lowest BCUT2D eigenvalue weighted by Crippen LogP contribution is -2.40. The van der Waals surface area contributed by atoms with E-state index in [0.717, 1.165) is 42.7 Å². The topological polar surface area (TPSA) is 64.3 Å². The fraction of sp³-hybridized carbons (Fsp3) is 0.500. The SMILES string of the molecule is NC1(c2cccc3c2NC(=O)CO3)CCCCC1. The van der Waals surface area contributed by atoms with Crippen molar-refractivity contribution in [3.63, 3.8) is 0 Å². The predicted molar refractivity (Wildman–Crippen MR) is 69.5 cm³/mol. The van der Waals surface area contributed by atoms with Crippen LogP contribution in [0.25, 0.3) is 0 Å². The summed E-state index contributed by atoms with van der Waals surface area (Å²) in [5.41, 5.74) is 8.02. The molecule has 1 saturated carbocycles. The third-order valence-electron chi connectivity index (χ3n) is 3.93. The zero-order chi connectivity index (χ0) is 12.6. The molecule has 1 aromatic rings. The fourth-order valence-electron chi connectivity index (χ4n) is 2.97. The molecule has 4 heteroatoms. The van der Waals surface area contributed by atoms with Crippen molar-refractivity contribution < 1.29 is 9.53 Å². The van der Waals surface area contributed by atoms with Gasteiger partial charge in [0.1, 0.15) is 5.75 Å². The van der Waals surface area contributed by atoms with Gasteiger partial charge in [0.05, 0.1) is 5.69 Å². The molecule has 0 spiro atoms. The van der Waals surface area contributed by atoms with Gasteiger partial charge in [0.25, 0.3) is 5.91 Å². The largest absolute Gasteiger partial charge is 0.482 e. The zero-order valence-electron chi connectivity index (χ0n) is 10.4. The number of benzene rings is 1. The minimum atomic E-state index is -0.322. The third-order valence-corrected chi connectivity index (χ3v) is 3.93. The summed E-state index contributed by atoms with van der Waals surface area (Å²) in [6.07, 6.45) is 5.49. The fourth-order valence-corrected chi connectivity index (χ4v) is 2.97. The van der Waals surface area contributed by atoms with Crippen molar-refractivity contribution in [1.29, 1.82) is 0 Å². The van der Waals surface area contributed by atoms with E-state index in [1.165, 1.54) is 6.42 Å². The summed E-state index contributed by atoms with van der Waals surface area (Å²) in [4.78, 5) is 11.5. The number of carbonyl (C=O) groups excluding carboxylic acids is 1. The maximum absolute atomic E-state index is 11.5. The van der Waals surface area contributed by atoms with E-state index in [1.807, 2.05) is 18.2 Å². The van der Waals surface area contributed by atoms with E-state index in [1.54, 1.807) is 0 Å². The van der Waals surface area contributed by atoms with Crippen molar-refractivity contribution in [3.8, 4) is 5.75 Å². The number of carbonyl (C=O) groups is 1. The average molecular weight is 246 g/mol. The molecule has 0 aromatic heterocycles. The molecule has 3 N–H and O–H groups in total. The zero-order valence-corrected chi connectivity index (χ0v) is 10.4. The Morgan fingerprint density at radius 2 is 2.00 bits per heavy atom. The summed E-state index contributed by atoms with van der Waals surface area (Å²) in [6.45, 7) is 0.0913. The number of nitrogens with two attached hydrogens (primary N) is 1. The summed E-state index contributed by atoms with van der Waals surface area (Å²) in [7, 11) is 0. The molecule has 0 saturated heterocycles. The van der Waals surface area contributed by atoms with E-state index in [-0.39, 0.29) is 18.1 Å². The lowest BCUT2D eigenvalue weighted by molar-refractivity contribution is -0.118. The summed E-state index contributed by atoms with van der Waals surface area (Å²) in [6, 6.07) is 5.85. The van der Waals surface area contributed by atoms with E-state index >= 15 is 0 Å². The van der Waals surface area contributed by atoms with Crippen LogP contribution in [0.2, 0.25) is 0 Å². The summed E-state index contributed by atoms with van der Waals surface area (Å²) >= 11 is 0. The van der Waals surface area contributed by atoms with Gasteiger partial charge < -0.3 is 15.8 Å². The Morgan fingerprint density at radius 3 is 2.78 bits per heavy atom. The summed E-state index contributed by atoms with van der Waals surface area (Å²) < 4.78 is 5.44. The molecule has 0 unspecified atom stereocenters. The number of hydrogen-bond donors (Lipinski definition) is 2. The molecule has 1 amide bonds. The lowest BCUT2D eigenvalue weighted by Gasteiger charge is -2.36. The minimum Gasteiger partial charge on any atom is -0.482 e. The van der Waals surface area contributed by atoms with Gasteiger partial charge in [-0.1, -0.05) is 31.4 Å². The molecule has 96 valence electrons. The third kappa shape index (κ3) is 1.86. The predicted octanol–water partition coefficient (Wildman–Crippen LogP) is 2.14. The van der Waals surface area contributed by atoms with Gasteiger partial charge >= 0.3 is 0 Å². The second-order valence-corrected chi connectivity index (χ2v) is 5.23. The summed E-state index contributed by atoms with van der Waals surface area (Å²) in [5.74, 6) is 0.636. The molecule has 18 heavy (non-hydrogen) atoms. The molecule has 1 aliphatic heterocycles. The number of hydrogen-bond acceptors (Lipinski definition) is 3. The highest BCUT2D eigenvalue weighted by atomic mass is 16.5. The number of nitrogens with one attached hydrogen (secondary N) is 1. The van der Waals surface area contributed by atoms with Crippen molar-refractivity contribution in [1.82, 2.24) is 0 Å². The van der Waals surface area contributed by atoms with Crippen LogP contribution in [-0.4, -0.2) is 12.5 Å². The molecular formula is C14H18N2O2. The van der Waals surface area contributed by atoms with Crippen molar-refractivity contribution in [2.45, 2.75) is 37.6 Å². The second-order valence-electron chi connectivity index (χ2n) is 5.23. The number of fused-ring (bicyclic) bond motifs is 1. The van der Waals surface area contributed by atoms with E-state index in [2.05, 4.69) is 5.32 Å². The monoisotopic (exact) mass is 246 g/mol. The Bertz CT molecular complexity index is 479. The Balaban J connectivity index is 2.04. The van der Waals surface area contributed by atoms with E-state index in [4.69, 9.17) is 10.5 Å². The van der Waals surface area contributed by atoms with Gasteiger partial charge in [-0.2, -0.15) is 0 Å². The van der Waals surface area contributed by atoms with Crippen LogP contribution >= 0.6 is 0 Å². The number of rotatable bonds is 1. The maximum atomic E-state index is 11.5. The van der Waals surface area contributed by atoms with Crippen LogP contribution in [0.3, 0.4) is 0 Å². The van der Waals surface area contributed by atoms with Crippen molar-refractivity contribution >= 4 is 11.6 Å². The van der Waals surface area contributed by atoms with Gasteiger partial charge in [-0.15, -0.1) is 0 Å². The van der Waals surface area contributed by atoms with Gasteiger partial charge in [0, 0.05) is 5.54 Å². The Hall–Kier alpha value is -1.55. The number of amides is 1. The molecule has 0 bridgehead atoms. The van der Waals surface area contributed by atoms with Crippen LogP contribution < -0.4 is 15.8 Å². The molecule has 3 rings (SSSR count). The van der Waals surface area contributed by atoms with Gasteiger partial charge in [-0.05, 0) is 24.5 Å². The summed E-state index contributed by atoms with van der Waals surface area (Å²) in [5, 5.41) is 2.91. The Kier molecular flexibility index (Phi) is 2.74. The second kappa shape index (κ2) is 4.28. The quantitative estimate of drug-likeness (QED) is 0.798. The van der Waals surface area contributed by atoms with Gasteiger partial charge in [-0.25, -0.2) is 0 Å². The van der Waals surface area contributed by atoms with Gasteiger partial charge in [0.15, 0.2) is 6.61 Å². The van der Waals surface area contributed by atoms with Crippen molar-refractivity contribution in [2.24, 2.45) is 5.73 Å². The van der Waals surface area contributed by atoms with Gasteiger partial charge in [0.2, 0.25) is 0 Å². The lowest BCUT2D eigenvalue weighted by atomic mass is 9.76. The van der Waals surface area contributed by atoms with E-state index in [0.29, 0.717) is 0 Å². The normalized spacial score (nSPS) is 21.7. The molecular weight excluding hydrogens is 228 g/mol. The number of anilines is 1. The van der Waals surface area contributed by atoms with Crippen LogP contribution in [-0.2, 0) is 10.3 Å². The molecule has 1 aromatic carbocycles. The highest BCUT2D eigenvalue weighted by Crippen LogP contribution is 2.42. The van der Waals surface area contributed by atoms with Crippen LogP contribution in [0.15, 0.2) is 18.2 Å². The molecule has 0 radical (unpaired) electrons. The van der Waals surface area contributed by atoms with E-state index in [9.17, 15) is 4.79 Å². The van der Waals surface area contributed by atoms with Crippen LogP contribution in [0.5, 0.6) is 5.75 Å². The van der Waals surface area contributed by atoms with Gasteiger partial charge in [-0.3, -0.25) is 4.79 Å². The molecule has 1 fully saturated rings. The Morgan fingerprint density at radius 1 is 1.22 bits per heavy atom. The molecule has 4 nitrogen and oxygen atoms in total. The number of ether oxygens (including phenoxy) is 1. The van der Waals surface area contributed by atoms with Crippen molar-refractivity contribution in [3.05, 3.63) is 23.8 Å². The van der Waals surface area contributed by atoms with Crippen LogP contribution in [0.1, 0.15) is 37.7 Å². The highest BCUT2D eigenvalue weighted by Gasteiger charge is 2.34. The first-order valence-corrected chi connectivity index (χ1v) is 6.54. The molecule has 1 aliphatic carbocycles. The smallest absolute Gasteiger partial charge is 0.262 e. The molecule has 0 atom stereocenters. The molecule has 1 heterocycles. The minimum absolute atomic E-state index is 0.0913. The Labute approximate surface area is 107 Å².